The second-order valence-corrected chi connectivity index (χ2v) is 6.16. The third-order valence-corrected chi connectivity index (χ3v) is 2.88. The fourth-order valence-electron chi connectivity index (χ4n) is 1.87. The Labute approximate surface area is 135 Å². The third-order valence-electron chi connectivity index (χ3n) is 2.88. The lowest BCUT2D eigenvalue weighted by atomic mass is 10.1. The van der Waals surface area contributed by atoms with Gasteiger partial charge in [-0.3, -0.25) is 14.6 Å². The van der Waals surface area contributed by atoms with E-state index in [4.69, 9.17) is 0 Å². The van der Waals surface area contributed by atoms with Gasteiger partial charge >= 0.3 is 0 Å². The zero-order valence-electron chi connectivity index (χ0n) is 13.5. The highest BCUT2D eigenvalue weighted by Crippen LogP contribution is 2.05. The Bertz CT molecular complexity index is 693. The van der Waals surface area contributed by atoms with Gasteiger partial charge in [0.05, 0.1) is 0 Å². The van der Waals surface area contributed by atoms with E-state index in [-0.39, 0.29) is 28.7 Å². The van der Waals surface area contributed by atoms with Crippen LogP contribution in [0.4, 0.5) is 0 Å². The normalized spacial score (nSPS) is 10.9. The first-order valence-corrected chi connectivity index (χ1v) is 7.32. The lowest BCUT2D eigenvalue weighted by Crippen LogP contribution is -2.41. The highest BCUT2D eigenvalue weighted by Gasteiger charge is 2.17. The maximum absolute atomic E-state index is 12.2. The predicted molar refractivity (Wildman–Crippen MR) is 86.9 cm³/mol. The van der Waals surface area contributed by atoms with E-state index in [1.165, 1.54) is 0 Å². The molecule has 2 aromatic rings. The van der Waals surface area contributed by atoms with Gasteiger partial charge in [-0.25, -0.2) is 4.98 Å². The van der Waals surface area contributed by atoms with E-state index in [9.17, 15) is 9.59 Å². The first-order chi connectivity index (χ1) is 10.8. The van der Waals surface area contributed by atoms with Crippen molar-refractivity contribution in [3.63, 3.8) is 0 Å². The molecule has 2 N–H and O–H groups in total. The molecule has 0 fully saturated rings. The summed E-state index contributed by atoms with van der Waals surface area (Å²) in [6.07, 6.45) is 3.35. The quantitative estimate of drug-likeness (QED) is 0.903. The van der Waals surface area contributed by atoms with Crippen LogP contribution in [-0.2, 0) is 6.54 Å². The highest BCUT2D eigenvalue weighted by molar-refractivity contribution is 5.96. The van der Waals surface area contributed by atoms with Crippen molar-refractivity contribution in [2.45, 2.75) is 32.9 Å². The van der Waals surface area contributed by atoms with Gasteiger partial charge in [0.1, 0.15) is 11.4 Å². The van der Waals surface area contributed by atoms with Gasteiger partial charge in [-0.05, 0) is 44.5 Å². The zero-order valence-corrected chi connectivity index (χ0v) is 13.5. The molecule has 6 nitrogen and oxygen atoms in total. The van der Waals surface area contributed by atoms with E-state index in [1.807, 2.05) is 26.8 Å². The van der Waals surface area contributed by atoms with Gasteiger partial charge in [-0.15, -0.1) is 0 Å². The van der Waals surface area contributed by atoms with Crippen molar-refractivity contribution >= 4 is 11.8 Å². The molecule has 23 heavy (non-hydrogen) atoms. The van der Waals surface area contributed by atoms with Crippen molar-refractivity contribution in [2.75, 3.05) is 0 Å². The summed E-state index contributed by atoms with van der Waals surface area (Å²) in [7, 11) is 0. The van der Waals surface area contributed by atoms with E-state index in [2.05, 4.69) is 20.6 Å². The molecule has 0 spiro atoms. The fourth-order valence-corrected chi connectivity index (χ4v) is 1.87. The van der Waals surface area contributed by atoms with Crippen molar-refractivity contribution in [2.24, 2.45) is 0 Å². The molecule has 0 aliphatic carbocycles. The number of rotatable bonds is 4. The van der Waals surface area contributed by atoms with Crippen LogP contribution < -0.4 is 10.6 Å². The molecular weight excluding hydrogens is 292 g/mol. The van der Waals surface area contributed by atoms with Gasteiger partial charge < -0.3 is 10.6 Å². The standard InChI is InChI=1S/C17H20N4O2/c1-17(2,3)21-16(23)14-8-4-7-13(20-14)15(22)19-11-12-6-5-9-18-10-12/h4-10H,11H2,1-3H3,(H,19,22)(H,21,23). The molecule has 0 saturated carbocycles. The second kappa shape index (κ2) is 7.00. The lowest BCUT2D eigenvalue weighted by molar-refractivity contribution is 0.0914. The van der Waals surface area contributed by atoms with Crippen molar-refractivity contribution in [1.82, 2.24) is 20.6 Å². The van der Waals surface area contributed by atoms with Crippen LogP contribution in [0, 0.1) is 0 Å². The number of carbonyl (C=O) groups excluding carboxylic acids is 2. The SMILES string of the molecule is CC(C)(C)NC(=O)c1cccc(C(=O)NCc2cccnc2)n1. The Hall–Kier alpha value is -2.76. The van der Waals surface area contributed by atoms with E-state index in [0.29, 0.717) is 6.54 Å². The van der Waals surface area contributed by atoms with Gasteiger partial charge in [-0.2, -0.15) is 0 Å². The van der Waals surface area contributed by atoms with E-state index >= 15 is 0 Å². The minimum atomic E-state index is -0.364. The molecule has 0 bridgehead atoms. The molecule has 2 rings (SSSR count). The number of amides is 2. The molecular formula is C17H20N4O2. The number of pyridine rings is 2. The van der Waals surface area contributed by atoms with E-state index in [1.54, 1.807) is 36.7 Å². The van der Waals surface area contributed by atoms with E-state index in [0.717, 1.165) is 5.56 Å². The lowest BCUT2D eigenvalue weighted by Gasteiger charge is -2.20. The summed E-state index contributed by atoms with van der Waals surface area (Å²) in [6.45, 7) is 6.01. The minimum Gasteiger partial charge on any atom is -0.347 e. The van der Waals surface area contributed by atoms with Crippen LogP contribution in [0.25, 0.3) is 0 Å². The third kappa shape index (κ3) is 5.18. The molecule has 0 unspecified atom stereocenters. The van der Waals surface area contributed by atoms with Gasteiger partial charge in [0.15, 0.2) is 0 Å². The second-order valence-electron chi connectivity index (χ2n) is 6.16. The molecule has 0 atom stereocenters. The number of aromatic nitrogens is 2. The number of nitrogens with zero attached hydrogens (tertiary/aromatic N) is 2. The smallest absolute Gasteiger partial charge is 0.270 e. The van der Waals surface area contributed by atoms with Gasteiger partial charge in [0, 0.05) is 24.5 Å². The van der Waals surface area contributed by atoms with Crippen LogP contribution in [0.15, 0.2) is 42.7 Å². The Morgan fingerprint density at radius 1 is 1.04 bits per heavy atom. The van der Waals surface area contributed by atoms with E-state index < -0.39 is 0 Å². The zero-order chi connectivity index (χ0) is 16.9. The van der Waals surface area contributed by atoms with Crippen LogP contribution in [0.1, 0.15) is 47.3 Å². The highest BCUT2D eigenvalue weighted by atomic mass is 16.2. The maximum Gasteiger partial charge on any atom is 0.270 e. The summed E-state index contributed by atoms with van der Waals surface area (Å²) in [4.78, 5) is 32.4. The van der Waals surface area contributed by atoms with Gasteiger partial charge in [0.2, 0.25) is 0 Å². The number of carbonyl (C=O) groups is 2. The first-order valence-electron chi connectivity index (χ1n) is 7.32. The minimum absolute atomic E-state index is 0.204. The predicted octanol–water partition coefficient (Wildman–Crippen LogP) is 1.93. The largest absolute Gasteiger partial charge is 0.347 e. The summed E-state index contributed by atoms with van der Waals surface area (Å²) in [5.41, 5.74) is 0.948. The molecule has 0 saturated heterocycles. The summed E-state index contributed by atoms with van der Waals surface area (Å²) in [5, 5.41) is 5.57. The fraction of sp³-hybridized carbons (Fsp3) is 0.294. The number of hydrogen-bond donors (Lipinski definition) is 2. The van der Waals surface area contributed by atoms with Crippen molar-refractivity contribution in [3.05, 3.63) is 59.7 Å². The van der Waals surface area contributed by atoms with Crippen LogP contribution in [0.3, 0.4) is 0 Å². The van der Waals surface area contributed by atoms with Crippen LogP contribution in [0.2, 0.25) is 0 Å². The maximum atomic E-state index is 12.2. The molecule has 0 aliphatic heterocycles. The number of nitrogens with one attached hydrogen (secondary N) is 2. The molecule has 120 valence electrons. The summed E-state index contributed by atoms with van der Waals surface area (Å²) in [6, 6.07) is 8.47. The average Bonchev–Trinajstić information content (AvgIpc) is 2.52. The molecule has 2 heterocycles. The Morgan fingerprint density at radius 2 is 1.74 bits per heavy atom. The van der Waals surface area contributed by atoms with Gasteiger partial charge in [-0.1, -0.05) is 12.1 Å². The average molecular weight is 312 g/mol. The molecule has 6 heteroatoms. The van der Waals surface area contributed by atoms with Crippen molar-refractivity contribution in [1.29, 1.82) is 0 Å². The molecule has 2 amide bonds. The Morgan fingerprint density at radius 3 is 2.35 bits per heavy atom. The van der Waals surface area contributed by atoms with Crippen LogP contribution >= 0.6 is 0 Å². The first kappa shape index (κ1) is 16.6. The monoisotopic (exact) mass is 312 g/mol. The summed E-state index contributed by atoms with van der Waals surface area (Å²) in [5.74, 6) is -0.640. The molecule has 0 aliphatic rings. The van der Waals surface area contributed by atoms with Crippen LogP contribution in [-0.4, -0.2) is 27.3 Å². The summed E-state index contributed by atoms with van der Waals surface area (Å²) < 4.78 is 0. The van der Waals surface area contributed by atoms with Crippen molar-refractivity contribution in [3.8, 4) is 0 Å². The Balaban J connectivity index is 2.04. The molecule has 2 aromatic heterocycles. The van der Waals surface area contributed by atoms with Gasteiger partial charge in [0.25, 0.3) is 11.8 Å². The molecule has 0 radical (unpaired) electrons. The summed E-state index contributed by atoms with van der Waals surface area (Å²) >= 11 is 0. The molecule has 0 aromatic carbocycles. The topological polar surface area (TPSA) is 84.0 Å². The number of hydrogen-bond acceptors (Lipinski definition) is 4. The Kier molecular flexibility index (Phi) is 5.05. The van der Waals surface area contributed by atoms with Crippen molar-refractivity contribution < 1.29 is 9.59 Å². The van der Waals surface area contributed by atoms with Crippen LogP contribution in [0.5, 0.6) is 0 Å².